The summed E-state index contributed by atoms with van der Waals surface area (Å²) in [6, 6.07) is 10.9. The minimum atomic E-state index is 0.215. The molecule has 0 amide bonds. The highest BCUT2D eigenvalue weighted by atomic mass is 16.5. The lowest BCUT2D eigenvalue weighted by Crippen LogP contribution is -2.38. The van der Waals surface area contributed by atoms with Crippen LogP contribution < -0.4 is 0 Å². The van der Waals surface area contributed by atoms with Crippen molar-refractivity contribution in [2.24, 2.45) is 0 Å². The molecule has 2 heterocycles. The Labute approximate surface area is 150 Å². The van der Waals surface area contributed by atoms with Gasteiger partial charge in [0.1, 0.15) is 5.82 Å². The Morgan fingerprint density at radius 3 is 2.72 bits per heavy atom. The van der Waals surface area contributed by atoms with E-state index in [1.54, 1.807) is 0 Å². The molecule has 1 atom stereocenters. The number of ether oxygens (including phenoxy) is 1. The van der Waals surface area contributed by atoms with Gasteiger partial charge in [0.25, 0.3) is 0 Å². The summed E-state index contributed by atoms with van der Waals surface area (Å²) in [6.45, 7) is 3.35. The zero-order valence-electron chi connectivity index (χ0n) is 15.1. The summed E-state index contributed by atoms with van der Waals surface area (Å²) in [7, 11) is 2.17. The van der Waals surface area contributed by atoms with E-state index in [-0.39, 0.29) is 6.04 Å². The molecule has 2 aromatic rings. The van der Waals surface area contributed by atoms with E-state index in [4.69, 9.17) is 14.8 Å². The van der Waals surface area contributed by atoms with E-state index in [9.17, 15) is 0 Å². The molecule has 1 aliphatic heterocycles. The molecule has 0 bridgehead atoms. The quantitative estimate of drug-likeness (QED) is 0.838. The fraction of sp³-hybridized carbons (Fsp3) is 0.600. The first-order chi connectivity index (χ1) is 12.3. The van der Waals surface area contributed by atoms with Gasteiger partial charge in [-0.25, -0.2) is 9.67 Å². The summed E-state index contributed by atoms with van der Waals surface area (Å²) < 4.78 is 7.89. The molecule has 2 fully saturated rings. The Hall–Kier alpha value is -1.72. The van der Waals surface area contributed by atoms with Gasteiger partial charge in [-0.05, 0) is 31.9 Å². The van der Waals surface area contributed by atoms with E-state index in [0.717, 1.165) is 37.8 Å². The smallest absolute Gasteiger partial charge is 0.154 e. The number of morpholine rings is 1. The number of aryl methyl sites for hydroxylation is 2. The number of nitrogens with zero attached hydrogens (tertiary/aromatic N) is 4. The van der Waals surface area contributed by atoms with E-state index in [1.165, 1.54) is 31.2 Å². The van der Waals surface area contributed by atoms with Crippen LogP contribution in [0.1, 0.15) is 54.9 Å². The summed E-state index contributed by atoms with van der Waals surface area (Å²) in [6.07, 6.45) is 6.08. The molecule has 0 unspecified atom stereocenters. The van der Waals surface area contributed by atoms with Crippen LogP contribution in [0.2, 0.25) is 0 Å². The molecule has 5 heteroatoms. The van der Waals surface area contributed by atoms with E-state index in [1.807, 2.05) is 0 Å². The van der Waals surface area contributed by atoms with Crippen LogP contribution in [0.5, 0.6) is 0 Å². The van der Waals surface area contributed by atoms with E-state index in [0.29, 0.717) is 12.5 Å². The van der Waals surface area contributed by atoms with E-state index in [2.05, 4.69) is 47.0 Å². The van der Waals surface area contributed by atoms with Crippen molar-refractivity contribution < 1.29 is 4.74 Å². The van der Waals surface area contributed by atoms with Crippen LogP contribution in [-0.2, 0) is 17.7 Å². The van der Waals surface area contributed by atoms with E-state index >= 15 is 0 Å². The maximum atomic E-state index is 5.74. The molecule has 0 radical (unpaired) electrons. The standard InChI is InChI=1S/C20H28N4O/c1-23-13-14-25-15-18(23)20-21-19(17-9-5-6-10-17)22-24(20)12-11-16-7-3-2-4-8-16/h2-4,7-8,17-18H,5-6,9-15H2,1H3/t18-/m1/s1. The van der Waals surface area contributed by atoms with Crippen LogP contribution in [-0.4, -0.2) is 46.5 Å². The predicted octanol–water partition coefficient (Wildman–Crippen LogP) is 3.18. The molecule has 1 aromatic heterocycles. The monoisotopic (exact) mass is 340 g/mol. The summed E-state index contributed by atoms with van der Waals surface area (Å²) in [5, 5.41) is 4.94. The number of likely N-dealkylation sites (N-methyl/N-ethyl adjacent to an activating group) is 1. The van der Waals surface area contributed by atoms with Crippen LogP contribution in [0.3, 0.4) is 0 Å². The normalized spacial score (nSPS) is 22.5. The van der Waals surface area contributed by atoms with Gasteiger partial charge >= 0.3 is 0 Å². The second-order valence-electron chi connectivity index (χ2n) is 7.34. The lowest BCUT2D eigenvalue weighted by atomic mass is 10.1. The third kappa shape index (κ3) is 3.77. The van der Waals surface area contributed by atoms with Crippen molar-refractivity contribution in [3.63, 3.8) is 0 Å². The molecule has 0 spiro atoms. The highest BCUT2D eigenvalue weighted by Gasteiger charge is 2.29. The molecule has 4 rings (SSSR count). The number of hydrogen-bond donors (Lipinski definition) is 0. The zero-order valence-corrected chi connectivity index (χ0v) is 15.1. The molecular formula is C20H28N4O. The zero-order chi connectivity index (χ0) is 17.1. The fourth-order valence-corrected chi connectivity index (χ4v) is 3.98. The van der Waals surface area contributed by atoms with Gasteiger partial charge in [-0.15, -0.1) is 0 Å². The Bertz CT molecular complexity index is 678. The number of hydrogen-bond acceptors (Lipinski definition) is 4. The van der Waals surface area contributed by atoms with Crippen molar-refractivity contribution in [2.45, 2.75) is 50.6 Å². The fourth-order valence-electron chi connectivity index (χ4n) is 3.98. The number of benzene rings is 1. The Kier molecular flexibility index (Phi) is 5.13. The largest absolute Gasteiger partial charge is 0.378 e. The second-order valence-corrected chi connectivity index (χ2v) is 7.34. The maximum absolute atomic E-state index is 5.74. The first kappa shape index (κ1) is 16.7. The summed E-state index contributed by atoms with van der Waals surface area (Å²) in [4.78, 5) is 7.36. The van der Waals surface area contributed by atoms with Gasteiger partial charge in [-0.2, -0.15) is 5.10 Å². The van der Waals surface area contributed by atoms with Gasteiger partial charge in [0.2, 0.25) is 0 Å². The molecule has 1 aliphatic carbocycles. The molecular weight excluding hydrogens is 312 g/mol. The molecule has 1 saturated heterocycles. The minimum Gasteiger partial charge on any atom is -0.378 e. The lowest BCUT2D eigenvalue weighted by Gasteiger charge is -2.31. The van der Waals surface area contributed by atoms with Gasteiger partial charge in [-0.1, -0.05) is 43.2 Å². The van der Waals surface area contributed by atoms with Crippen LogP contribution in [0.25, 0.3) is 0 Å². The van der Waals surface area contributed by atoms with Gasteiger partial charge in [0.05, 0.1) is 19.3 Å². The minimum absolute atomic E-state index is 0.215. The maximum Gasteiger partial charge on any atom is 0.154 e. The Balaban J connectivity index is 1.58. The van der Waals surface area contributed by atoms with Gasteiger partial charge < -0.3 is 4.74 Å². The predicted molar refractivity (Wildman–Crippen MR) is 97.6 cm³/mol. The van der Waals surface area contributed by atoms with Crippen molar-refractivity contribution in [3.05, 3.63) is 47.5 Å². The molecule has 1 saturated carbocycles. The summed E-state index contributed by atoms with van der Waals surface area (Å²) in [5.74, 6) is 2.69. The topological polar surface area (TPSA) is 43.2 Å². The third-order valence-electron chi connectivity index (χ3n) is 5.59. The van der Waals surface area contributed by atoms with Crippen LogP contribution >= 0.6 is 0 Å². The van der Waals surface area contributed by atoms with Crippen LogP contribution in [0.15, 0.2) is 30.3 Å². The van der Waals surface area contributed by atoms with Crippen molar-refractivity contribution >= 4 is 0 Å². The van der Waals surface area contributed by atoms with Crippen molar-refractivity contribution in [1.29, 1.82) is 0 Å². The SMILES string of the molecule is CN1CCOC[C@@H]1c1nc(C2CCCC2)nn1CCc1ccccc1. The van der Waals surface area contributed by atoms with Gasteiger partial charge in [0.15, 0.2) is 5.82 Å². The van der Waals surface area contributed by atoms with Crippen LogP contribution in [0, 0.1) is 0 Å². The molecule has 5 nitrogen and oxygen atoms in total. The molecule has 25 heavy (non-hydrogen) atoms. The highest BCUT2D eigenvalue weighted by Crippen LogP contribution is 2.33. The van der Waals surface area contributed by atoms with Gasteiger partial charge in [-0.3, -0.25) is 4.90 Å². The molecule has 1 aromatic carbocycles. The van der Waals surface area contributed by atoms with Gasteiger partial charge in [0, 0.05) is 19.0 Å². The average molecular weight is 340 g/mol. The number of rotatable bonds is 5. The average Bonchev–Trinajstić information content (AvgIpc) is 3.31. The molecule has 0 N–H and O–H groups in total. The highest BCUT2D eigenvalue weighted by molar-refractivity contribution is 5.15. The number of aromatic nitrogens is 3. The Morgan fingerprint density at radius 1 is 1.16 bits per heavy atom. The second kappa shape index (κ2) is 7.67. The van der Waals surface area contributed by atoms with Crippen molar-refractivity contribution in [2.75, 3.05) is 26.8 Å². The Morgan fingerprint density at radius 2 is 1.96 bits per heavy atom. The third-order valence-corrected chi connectivity index (χ3v) is 5.59. The summed E-state index contributed by atoms with van der Waals surface area (Å²) >= 11 is 0. The van der Waals surface area contributed by atoms with E-state index < -0.39 is 0 Å². The first-order valence-corrected chi connectivity index (χ1v) is 9.58. The first-order valence-electron chi connectivity index (χ1n) is 9.58. The molecule has 2 aliphatic rings. The molecule has 134 valence electrons. The van der Waals surface area contributed by atoms with Crippen LogP contribution in [0.4, 0.5) is 0 Å². The van der Waals surface area contributed by atoms with Crippen molar-refractivity contribution in [1.82, 2.24) is 19.7 Å². The lowest BCUT2D eigenvalue weighted by molar-refractivity contribution is 0.000170. The van der Waals surface area contributed by atoms with Crippen molar-refractivity contribution in [3.8, 4) is 0 Å². The summed E-state index contributed by atoms with van der Waals surface area (Å²) in [5.41, 5.74) is 1.35.